The summed E-state index contributed by atoms with van der Waals surface area (Å²) >= 11 is 0. The molecule has 0 fully saturated rings. The summed E-state index contributed by atoms with van der Waals surface area (Å²) in [6, 6.07) is -0.897. The Balaban J connectivity index is 4.16. The predicted octanol–water partition coefficient (Wildman–Crippen LogP) is 13.7. The topological polar surface area (TPSA) is 151 Å². The fourth-order valence-electron chi connectivity index (χ4n) is 7.82. The first-order valence-corrected chi connectivity index (χ1v) is 26.9. The van der Waals surface area contributed by atoms with E-state index >= 15 is 0 Å². The number of phosphoric ester groups is 1. The van der Waals surface area contributed by atoms with Crippen LogP contribution in [0.3, 0.4) is 0 Å². The molecule has 352 valence electrons. The zero-order valence-electron chi connectivity index (χ0n) is 38.9. The summed E-state index contributed by atoms with van der Waals surface area (Å²) in [5, 5.41) is 24.3. The first-order chi connectivity index (χ1) is 28.8. The molecule has 0 saturated carbocycles. The second-order valence-electron chi connectivity index (χ2n) is 17.6. The fraction of sp³-hybridized carbons (Fsp3) is 0.939. The van der Waals surface area contributed by atoms with Crippen molar-refractivity contribution in [2.24, 2.45) is 5.73 Å². The smallest absolute Gasteiger partial charge is 0.393 e. The Morgan fingerprint density at radius 1 is 0.559 bits per heavy atom. The lowest BCUT2D eigenvalue weighted by atomic mass is 10.0. The monoisotopic (exact) mass is 859 g/mol. The van der Waals surface area contributed by atoms with Crippen LogP contribution < -0.4 is 11.1 Å². The number of amides is 1. The van der Waals surface area contributed by atoms with Crippen LogP contribution in [0.5, 0.6) is 0 Å². The predicted molar refractivity (Wildman–Crippen MR) is 251 cm³/mol. The van der Waals surface area contributed by atoms with Crippen molar-refractivity contribution in [3.05, 3.63) is 12.2 Å². The minimum absolute atomic E-state index is 0.0603. The number of hydrogen-bond acceptors (Lipinski definition) is 7. The Bertz CT molecular complexity index is 955. The SMILES string of the molecule is CCCCCCCCCCCC/C=C\CCCCCCCC(O)CC(=O)NC(COP(=O)(O)OCCN)C(O)CCCCCCCCCCCCCCCCCCCC. The van der Waals surface area contributed by atoms with Crippen LogP contribution in [-0.4, -0.2) is 59.0 Å². The molecule has 0 aliphatic heterocycles. The summed E-state index contributed by atoms with van der Waals surface area (Å²) < 4.78 is 22.2. The van der Waals surface area contributed by atoms with E-state index in [0.29, 0.717) is 12.8 Å². The maximum Gasteiger partial charge on any atom is 0.472 e. The van der Waals surface area contributed by atoms with Crippen molar-refractivity contribution in [2.45, 2.75) is 276 Å². The summed E-state index contributed by atoms with van der Waals surface area (Å²) in [5.41, 5.74) is 5.39. The van der Waals surface area contributed by atoms with Gasteiger partial charge in [0, 0.05) is 6.54 Å². The van der Waals surface area contributed by atoms with Crippen molar-refractivity contribution in [2.75, 3.05) is 19.8 Å². The van der Waals surface area contributed by atoms with Crippen LogP contribution in [0.15, 0.2) is 12.2 Å². The highest BCUT2D eigenvalue weighted by molar-refractivity contribution is 7.47. The number of nitrogens with two attached hydrogens (primary N) is 1. The molecule has 0 spiro atoms. The van der Waals surface area contributed by atoms with Gasteiger partial charge >= 0.3 is 7.82 Å². The van der Waals surface area contributed by atoms with Gasteiger partial charge in [0.1, 0.15) is 0 Å². The van der Waals surface area contributed by atoms with Crippen LogP contribution in [0, 0.1) is 0 Å². The Hall–Kier alpha value is -0.800. The van der Waals surface area contributed by atoms with Crippen molar-refractivity contribution >= 4 is 13.7 Å². The van der Waals surface area contributed by atoms with E-state index in [2.05, 4.69) is 31.3 Å². The van der Waals surface area contributed by atoms with E-state index in [1.807, 2.05) is 0 Å². The molecule has 1 amide bonds. The van der Waals surface area contributed by atoms with Crippen molar-refractivity contribution < 1.29 is 33.5 Å². The number of unbranched alkanes of at least 4 members (excludes halogenated alkanes) is 32. The van der Waals surface area contributed by atoms with Gasteiger partial charge in [-0.3, -0.25) is 13.8 Å². The van der Waals surface area contributed by atoms with Crippen molar-refractivity contribution in [1.29, 1.82) is 0 Å². The largest absolute Gasteiger partial charge is 0.472 e. The van der Waals surface area contributed by atoms with E-state index in [9.17, 15) is 24.5 Å². The lowest BCUT2D eigenvalue weighted by Gasteiger charge is -2.25. The van der Waals surface area contributed by atoms with Gasteiger partial charge in [-0.2, -0.15) is 0 Å². The summed E-state index contributed by atoms with van der Waals surface area (Å²) in [4.78, 5) is 22.9. The van der Waals surface area contributed by atoms with Gasteiger partial charge in [-0.25, -0.2) is 4.57 Å². The fourth-order valence-corrected chi connectivity index (χ4v) is 8.58. The maximum absolute atomic E-state index is 12.9. The van der Waals surface area contributed by atoms with Crippen molar-refractivity contribution in [3.8, 4) is 0 Å². The number of carbonyl (C=O) groups is 1. The van der Waals surface area contributed by atoms with Gasteiger partial charge in [0.25, 0.3) is 0 Å². The zero-order valence-corrected chi connectivity index (χ0v) is 39.8. The second-order valence-corrected chi connectivity index (χ2v) is 19.0. The van der Waals surface area contributed by atoms with E-state index in [0.717, 1.165) is 44.9 Å². The summed E-state index contributed by atoms with van der Waals surface area (Å²) in [6.45, 7) is 4.08. The van der Waals surface area contributed by atoms with Crippen LogP contribution in [0.4, 0.5) is 0 Å². The molecule has 0 aliphatic rings. The Labute approximate surface area is 365 Å². The van der Waals surface area contributed by atoms with Crippen LogP contribution >= 0.6 is 7.82 Å². The van der Waals surface area contributed by atoms with Crippen LogP contribution in [-0.2, 0) is 18.4 Å². The van der Waals surface area contributed by atoms with Gasteiger partial charge < -0.3 is 26.2 Å². The lowest BCUT2D eigenvalue weighted by molar-refractivity contribution is -0.125. The average Bonchev–Trinajstić information content (AvgIpc) is 3.21. The van der Waals surface area contributed by atoms with E-state index in [4.69, 9.17) is 14.8 Å². The number of phosphoric acid groups is 1. The Kier molecular flexibility index (Phi) is 44.6. The number of carbonyl (C=O) groups excluding carboxylic acids is 1. The highest BCUT2D eigenvalue weighted by Crippen LogP contribution is 2.43. The van der Waals surface area contributed by atoms with Crippen molar-refractivity contribution in [3.63, 3.8) is 0 Å². The molecule has 0 heterocycles. The molecule has 0 rings (SSSR count). The van der Waals surface area contributed by atoms with Gasteiger partial charge in [0.05, 0.1) is 37.9 Å². The first-order valence-electron chi connectivity index (χ1n) is 25.4. The number of nitrogens with one attached hydrogen (secondary N) is 1. The van der Waals surface area contributed by atoms with E-state index < -0.39 is 32.0 Å². The molecule has 0 aromatic rings. The number of hydrogen-bond donors (Lipinski definition) is 5. The highest BCUT2D eigenvalue weighted by atomic mass is 31.2. The number of allylic oxidation sites excluding steroid dienone is 2. The normalized spacial score (nSPS) is 14.5. The summed E-state index contributed by atoms with van der Waals surface area (Å²) in [5.74, 6) is -0.414. The third-order valence-electron chi connectivity index (χ3n) is 11.7. The van der Waals surface area contributed by atoms with Gasteiger partial charge in [-0.05, 0) is 38.5 Å². The molecule has 0 aliphatic carbocycles. The summed E-state index contributed by atoms with van der Waals surface area (Å²) in [7, 11) is -4.38. The number of aliphatic hydroxyl groups is 2. The first kappa shape index (κ1) is 58.2. The second kappa shape index (κ2) is 45.2. The quantitative estimate of drug-likeness (QED) is 0.0230. The molecule has 0 radical (unpaired) electrons. The van der Waals surface area contributed by atoms with E-state index in [1.165, 1.54) is 180 Å². The van der Waals surface area contributed by atoms with Gasteiger partial charge in [0.2, 0.25) is 5.91 Å². The van der Waals surface area contributed by atoms with Crippen LogP contribution in [0.2, 0.25) is 0 Å². The molecule has 9 nitrogen and oxygen atoms in total. The molecular formula is C49H99N2O7P. The minimum Gasteiger partial charge on any atom is -0.393 e. The van der Waals surface area contributed by atoms with E-state index in [-0.39, 0.29) is 26.2 Å². The van der Waals surface area contributed by atoms with Crippen molar-refractivity contribution in [1.82, 2.24) is 5.32 Å². The molecule has 10 heteroatoms. The van der Waals surface area contributed by atoms with Gasteiger partial charge in [-0.15, -0.1) is 0 Å². The Morgan fingerprint density at radius 3 is 1.31 bits per heavy atom. The zero-order chi connectivity index (χ0) is 43.3. The highest BCUT2D eigenvalue weighted by Gasteiger charge is 2.28. The molecule has 0 aromatic carbocycles. The Morgan fingerprint density at radius 2 is 0.915 bits per heavy atom. The minimum atomic E-state index is -4.38. The molecule has 0 bridgehead atoms. The molecule has 59 heavy (non-hydrogen) atoms. The number of rotatable bonds is 48. The molecule has 0 saturated heterocycles. The molecule has 4 unspecified atom stereocenters. The molecule has 6 N–H and O–H groups in total. The molecule has 4 atom stereocenters. The average molecular weight is 859 g/mol. The van der Waals surface area contributed by atoms with Gasteiger partial charge in [0.15, 0.2) is 0 Å². The summed E-state index contributed by atoms with van der Waals surface area (Å²) in [6.07, 6.45) is 48.3. The molecular weight excluding hydrogens is 760 g/mol. The lowest BCUT2D eigenvalue weighted by Crippen LogP contribution is -2.47. The van der Waals surface area contributed by atoms with E-state index in [1.54, 1.807) is 0 Å². The van der Waals surface area contributed by atoms with Gasteiger partial charge in [-0.1, -0.05) is 225 Å². The standard InChI is InChI=1S/C49H99N2O7P/c1-3-5-7-9-11-13-15-17-19-21-23-24-26-28-30-32-34-36-38-40-46(52)44-49(54)51-47(45-58-59(55,56)57-43-42-50)48(53)41-39-37-35-33-31-29-27-25-22-20-18-16-14-12-10-8-6-4-2/h24,26,46-48,52-53H,3-23,25,27-45,50H2,1-2H3,(H,51,54)(H,55,56)/b26-24-. The third-order valence-corrected chi connectivity index (χ3v) is 12.7. The van der Waals surface area contributed by atoms with Crippen LogP contribution in [0.25, 0.3) is 0 Å². The third kappa shape index (κ3) is 43.6. The number of aliphatic hydroxyl groups excluding tert-OH is 2. The molecule has 0 aromatic heterocycles. The maximum atomic E-state index is 12.9. The van der Waals surface area contributed by atoms with Crippen LogP contribution in [0.1, 0.15) is 258 Å².